The summed E-state index contributed by atoms with van der Waals surface area (Å²) in [5, 5.41) is 3.14. The Balaban J connectivity index is 2.43. The van der Waals surface area contributed by atoms with Gasteiger partial charge in [0.05, 0.1) is 10.7 Å². The molecule has 1 atom stereocenters. The lowest BCUT2D eigenvalue weighted by Gasteiger charge is -2.28. The fourth-order valence-corrected chi connectivity index (χ4v) is 3.90. The van der Waals surface area contributed by atoms with Crippen LogP contribution in [0, 0.1) is 6.92 Å². The van der Waals surface area contributed by atoms with Crippen LogP contribution in [0.4, 0.5) is 0 Å². The maximum Gasteiger partial charge on any atom is 0.108 e. The molecule has 1 aliphatic heterocycles. The normalized spacial score (nSPS) is 24.4. The summed E-state index contributed by atoms with van der Waals surface area (Å²) in [6.45, 7) is 2.10. The quantitative estimate of drug-likeness (QED) is 0.818. The second-order valence-electron chi connectivity index (χ2n) is 4.08. The molecule has 16 heavy (non-hydrogen) atoms. The SMILES string of the molecule is CNC(=S)C1(c2cc(C)ccn2)CCCS1. The van der Waals surface area contributed by atoms with Crippen molar-refractivity contribution in [3.63, 3.8) is 0 Å². The maximum absolute atomic E-state index is 5.48. The maximum atomic E-state index is 5.48. The van der Waals surface area contributed by atoms with Crippen molar-refractivity contribution in [2.45, 2.75) is 24.5 Å². The zero-order valence-electron chi connectivity index (χ0n) is 9.62. The van der Waals surface area contributed by atoms with Crippen LogP contribution in [-0.2, 0) is 4.75 Å². The number of hydrogen-bond acceptors (Lipinski definition) is 3. The lowest BCUT2D eigenvalue weighted by molar-refractivity contribution is 0.710. The van der Waals surface area contributed by atoms with E-state index in [0.717, 1.165) is 22.9 Å². The molecule has 0 aliphatic carbocycles. The van der Waals surface area contributed by atoms with E-state index in [1.807, 2.05) is 31.1 Å². The van der Waals surface area contributed by atoms with E-state index >= 15 is 0 Å². The molecule has 1 unspecified atom stereocenters. The van der Waals surface area contributed by atoms with E-state index in [-0.39, 0.29) is 4.75 Å². The van der Waals surface area contributed by atoms with Crippen molar-refractivity contribution in [2.75, 3.05) is 12.8 Å². The number of likely N-dealkylation sites (N-methyl/N-ethyl adjacent to an activating group) is 1. The van der Waals surface area contributed by atoms with Gasteiger partial charge in [0.2, 0.25) is 0 Å². The third-order valence-electron chi connectivity index (χ3n) is 2.94. The molecule has 0 aromatic carbocycles. The van der Waals surface area contributed by atoms with Crippen LogP contribution in [0.25, 0.3) is 0 Å². The van der Waals surface area contributed by atoms with Crippen LogP contribution in [0.1, 0.15) is 24.1 Å². The van der Waals surface area contributed by atoms with Gasteiger partial charge in [-0.15, -0.1) is 11.8 Å². The van der Waals surface area contributed by atoms with Gasteiger partial charge in [0.1, 0.15) is 4.75 Å². The van der Waals surface area contributed by atoms with E-state index in [2.05, 4.69) is 23.3 Å². The first-order valence-corrected chi connectivity index (χ1v) is 6.88. The minimum absolute atomic E-state index is 0.0872. The average molecular weight is 252 g/mol. The Bertz CT molecular complexity index is 398. The molecule has 0 bridgehead atoms. The highest BCUT2D eigenvalue weighted by Gasteiger charge is 2.41. The Morgan fingerprint density at radius 1 is 1.62 bits per heavy atom. The molecule has 1 saturated heterocycles. The molecule has 2 rings (SSSR count). The van der Waals surface area contributed by atoms with Crippen LogP contribution >= 0.6 is 24.0 Å². The highest BCUT2D eigenvalue weighted by Crippen LogP contribution is 2.46. The fraction of sp³-hybridized carbons (Fsp3) is 0.500. The van der Waals surface area contributed by atoms with Gasteiger partial charge in [-0.05, 0) is 43.2 Å². The van der Waals surface area contributed by atoms with Gasteiger partial charge in [-0.3, -0.25) is 4.98 Å². The summed E-state index contributed by atoms with van der Waals surface area (Å²) in [7, 11) is 1.90. The lowest BCUT2D eigenvalue weighted by atomic mass is 9.97. The number of nitrogens with zero attached hydrogens (tertiary/aromatic N) is 1. The molecule has 2 nitrogen and oxygen atoms in total. The largest absolute Gasteiger partial charge is 0.381 e. The van der Waals surface area contributed by atoms with Gasteiger partial charge in [-0.1, -0.05) is 12.2 Å². The zero-order chi connectivity index (χ0) is 11.6. The van der Waals surface area contributed by atoms with E-state index < -0.39 is 0 Å². The number of hydrogen-bond donors (Lipinski definition) is 1. The molecule has 0 saturated carbocycles. The van der Waals surface area contributed by atoms with Gasteiger partial charge in [0.15, 0.2) is 0 Å². The number of aryl methyl sites for hydroxylation is 1. The van der Waals surface area contributed by atoms with Crippen LogP contribution in [0.3, 0.4) is 0 Å². The van der Waals surface area contributed by atoms with Crippen molar-refractivity contribution in [3.05, 3.63) is 29.6 Å². The first-order valence-electron chi connectivity index (χ1n) is 5.48. The Morgan fingerprint density at radius 3 is 3.00 bits per heavy atom. The number of nitrogens with one attached hydrogen (secondary N) is 1. The first kappa shape index (κ1) is 11.9. The standard InChI is InChI=1S/C12H16N2S2/c1-9-4-6-14-10(8-9)12(11(15)13-2)5-3-7-16-12/h4,6,8H,3,5,7H2,1-2H3,(H,13,15). The molecule has 1 N–H and O–H groups in total. The third kappa shape index (κ3) is 1.96. The molecule has 0 amide bonds. The van der Waals surface area contributed by atoms with E-state index in [9.17, 15) is 0 Å². The summed E-state index contributed by atoms with van der Waals surface area (Å²) in [5.41, 5.74) is 2.35. The van der Waals surface area contributed by atoms with E-state index in [1.54, 1.807) is 0 Å². The number of aromatic nitrogens is 1. The number of rotatable bonds is 2. The van der Waals surface area contributed by atoms with Gasteiger partial charge in [-0.25, -0.2) is 0 Å². The summed E-state index contributed by atoms with van der Waals surface area (Å²) in [5.74, 6) is 1.16. The van der Waals surface area contributed by atoms with E-state index in [1.165, 1.54) is 12.0 Å². The van der Waals surface area contributed by atoms with Crippen LogP contribution in [0.15, 0.2) is 18.3 Å². The molecule has 0 radical (unpaired) electrons. The Morgan fingerprint density at radius 2 is 2.44 bits per heavy atom. The van der Waals surface area contributed by atoms with Crippen molar-refractivity contribution < 1.29 is 0 Å². The summed E-state index contributed by atoms with van der Waals surface area (Å²) >= 11 is 7.40. The van der Waals surface area contributed by atoms with Crippen molar-refractivity contribution in [1.82, 2.24) is 10.3 Å². The molecule has 1 fully saturated rings. The van der Waals surface area contributed by atoms with Crippen molar-refractivity contribution >= 4 is 29.0 Å². The average Bonchev–Trinajstić information content (AvgIpc) is 2.78. The molecule has 1 aliphatic rings. The van der Waals surface area contributed by atoms with Crippen molar-refractivity contribution in [2.24, 2.45) is 0 Å². The first-order chi connectivity index (χ1) is 7.69. The lowest BCUT2D eigenvalue weighted by Crippen LogP contribution is -2.37. The second kappa shape index (κ2) is 4.72. The number of thioether (sulfide) groups is 1. The summed E-state index contributed by atoms with van der Waals surface area (Å²) < 4.78 is -0.0872. The molecular formula is C12H16N2S2. The number of thiocarbonyl (C=S) groups is 1. The molecular weight excluding hydrogens is 236 g/mol. The highest BCUT2D eigenvalue weighted by molar-refractivity contribution is 8.02. The van der Waals surface area contributed by atoms with Crippen LogP contribution < -0.4 is 5.32 Å². The molecule has 2 heterocycles. The van der Waals surface area contributed by atoms with Crippen molar-refractivity contribution in [3.8, 4) is 0 Å². The monoisotopic (exact) mass is 252 g/mol. The van der Waals surface area contributed by atoms with Gasteiger partial charge in [0, 0.05) is 13.2 Å². The molecule has 86 valence electrons. The summed E-state index contributed by atoms with van der Waals surface area (Å²) in [6.07, 6.45) is 4.18. The topological polar surface area (TPSA) is 24.9 Å². The fourth-order valence-electron chi connectivity index (χ4n) is 2.10. The van der Waals surface area contributed by atoms with Gasteiger partial charge >= 0.3 is 0 Å². The third-order valence-corrected chi connectivity index (χ3v) is 5.23. The van der Waals surface area contributed by atoms with Crippen LogP contribution in [0.2, 0.25) is 0 Å². The molecule has 4 heteroatoms. The summed E-state index contributed by atoms with van der Waals surface area (Å²) in [4.78, 5) is 5.42. The Hall–Kier alpha value is -0.610. The predicted octanol–water partition coefficient (Wildman–Crippen LogP) is 2.66. The Kier molecular flexibility index (Phi) is 3.50. The number of pyridine rings is 1. The smallest absolute Gasteiger partial charge is 0.108 e. The van der Waals surface area contributed by atoms with Gasteiger partial charge in [-0.2, -0.15) is 0 Å². The summed E-state index contributed by atoms with van der Waals surface area (Å²) in [6, 6.07) is 4.18. The van der Waals surface area contributed by atoms with E-state index in [0.29, 0.717) is 0 Å². The van der Waals surface area contributed by atoms with Crippen LogP contribution in [0.5, 0.6) is 0 Å². The minimum Gasteiger partial charge on any atom is -0.381 e. The van der Waals surface area contributed by atoms with Gasteiger partial charge < -0.3 is 5.32 Å². The van der Waals surface area contributed by atoms with Crippen LogP contribution in [-0.4, -0.2) is 22.8 Å². The second-order valence-corrected chi connectivity index (χ2v) is 5.88. The van der Waals surface area contributed by atoms with E-state index in [4.69, 9.17) is 12.2 Å². The predicted molar refractivity (Wildman–Crippen MR) is 74.0 cm³/mol. The molecule has 0 spiro atoms. The zero-order valence-corrected chi connectivity index (χ0v) is 11.3. The highest BCUT2D eigenvalue weighted by atomic mass is 32.2. The van der Waals surface area contributed by atoms with Gasteiger partial charge in [0.25, 0.3) is 0 Å². The Labute approximate surface area is 106 Å². The molecule has 1 aromatic rings. The molecule has 1 aromatic heterocycles. The van der Waals surface area contributed by atoms with Crippen molar-refractivity contribution in [1.29, 1.82) is 0 Å². The minimum atomic E-state index is -0.0872.